The Labute approximate surface area is 126 Å². The van der Waals surface area contributed by atoms with Crippen LogP contribution in [0.3, 0.4) is 0 Å². The number of hydrogen-bond donors (Lipinski definition) is 0. The molecule has 0 aliphatic rings. The number of unbranched alkanes of at least 4 members (excludes halogenated alkanes) is 3. The lowest BCUT2D eigenvalue weighted by molar-refractivity contribution is 0.679. The van der Waals surface area contributed by atoms with Crippen molar-refractivity contribution in [1.82, 2.24) is 0 Å². The maximum Gasteiger partial charge on any atom is 0.0552 e. The molecule has 0 aliphatic carbocycles. The molecular formula is C14H18I2. The van der Waals surface area contributed by atoms with E-state index in [0.29, 0.717) is 0 Å². The molecule has 0 saturated carbocycles. The molecule has 1 rings (SSSR count). The van der Waals surface area contributed by atoms with Gasteiger partial charge in [-0.25, -0.2) is 0 Å². The summed E-state index contributed by atoms with van der Waals surface area (Å²) < 4.78 is 1.40. The molecule has 0 fully saturated rings. The monoisotopic (exact) mass is 440 g/mol. The van der Waals surface area contributed by atoms with Gasteiger partial charge in [0.1, 0.15) is 0 Å². The standard InChI is InChI=1S/C14H18I2/c1-2-3-4-8-11-13(14(15)16)12-9-6-5-7-10-12/h5-7,9-10H,2-4,8,11H2,1H3. The van der Waals surface area contributed by atoms with Gasteiger partial charge >= 0.3 is 0 Å². The van der Waals surface area contributed by atoms with Crippen molar-refractivity contribution in [2.75, 3.05) is 0 Å². The second-order valence-corrected chi connectivity index (χ2v) is 8.14. The highest BCUT2D eigenvalue weighted by atomic mass is 127. The SMILES string of the molecule is CCCCCCC(=C(I)I)c1ccccc1. The van der Waals surface area contributed by atoms with Crippen molar-refractivity contribution in [3.05, 3.63) is 37.5 Å². The van der Waals surface area contributed by atoms with Gasteiger partial charge in [-0.2, -0.15) is 0 Å². The first-order valence-electron chi connectivity index (χ1n) is 5.85. The van der Waals surface area contributed by atoms with Gasteiger partial charge in [0.05, 0.1) is 1.59 Å². The highest BCUT2D eigenvalue weighted by Gasteiger charge is 2.04. The molecule has 0 aliphatic heterocycles. The quantitative estimate of drug-likeness (QED) is 0.366. The molecule has 0 atom stereocenters. The van der Waals surface area contributed by atoms with Crippen molar-refractivity contribution in [2.45, 2.75) is 39.0 Å². The maximum atomic E-state index is 2.44. The van der Waals surface area contributed by atoms with Gasteiger partial charge in [-0.15, -0.1) is 0 Å². The Morgan fingerprint density at radius 1 is 1.00 bits per heavy atom. The third-order valence-corrected chi connectivity index (χ3v) is 3.93. The molecular weight excluding hydrogens is 422 g/mol. The highest BCUT2D eigenvalue weighted by Crippen LogP contribution is 2.32. The average Bonchev–Trinajstić information content (AvgIpc) is 2.30. The van der Waals surface area contributed by atoms with Crippen LogP contribution >= 0.6 is 45.2 Å². The first-order chi connectivity index (χ1) is 7.75. The van der Waals surface area contributed by atoms with Crippen LogP contribution in [0.25, 0.3) is 5.57 Å². The smallest absolute Gasteiger partial charge is 0.0552 e. The average molecular weight is 440 g/mol. The topological polar surface area (TPSA) is 0 Å². The van der Waals surface area contributed by atoms with Gasteiger partial charge in [0.15, 0.2) is 0 Å². The molecule has 0 saturated heterocycles. The van der Waals surface area contributed by atoms with Crippen LogP contribution in [0, 0.1) is 0 Å². The fourth-order valence-corrected chi connectivity index (χ4v) is 2.88. The number of benzene rings is 1. The third-order valence-electron chi connectivity index (χ3n) is 2.63. The Balaban J connectivity index is 2.61. The summed E-state index contributed by atoms with van der Waals surface area (Å²) in [5.74, 6) is 0. The van der Waals surface area contributed by atoms with Crippen LogP contribution in [0.2, 0.25) is 0 Å². The van der Waals surface area contributed by atoms with E-state index in [1.807, 2.05) is 0 Å². The predicted octanol–water partition coefficient (Wildman–Crippen LogP) is 6.20. The van der Waals surface area contributed by atoms with Gasteiger partial charge in [0, 0.05) is 0 Å². The highest BCUT2D eigenvalue weighted by molar-refractivity contribution is 14.2. The molecule has 0 amide bonds. The number of halogens is 2. The summed E-state index contributed by atoms with van der Waals surface area (Å²) in [6.07, 6.45) is 6.55. The zero-order valence-corrected chi connectivity index (χ0v) is 14.0. The van der Waals surface area contributed by atoms with E-state index in [2.05, 4.69) is 82.4 Å². The zero-order chi connectivity index (χ0) is 11.8. The Kier molecular flexibility index (Phi) is 7.69. The second-order valence-electron chi connectivity index (χ2n) is 3.92. The van der Waals surface area contributed by atoms with Gasteiger partial charge in [0.2, 0.25) is 0 Å². The van der Waals surface area contributed by atoms with E-state index in [4.69, 9.17) is 0 Å². The van der Waals surface area contributed by atoms with Crippen LogP contribution < -0.4 is 0 Å². The summed E-state index contributed by atoms with van der Waals surface area (Å²) in [5.41, 5.74) is 2.90. The Morgan fingerprint density at radius 2 is 1.69 bits per heavy atom. The van der Waals surface area contributed by atoms with Crippen LogP contribution in [0.4, 0.5) is 0 Å². The number of rotatable bonds is 6. The summed E-state index contributed by atoms with van der Waals surface area (Å²) in [6.45, 7) is 2.26. The largest absolute Gasteiger partial charge is 0.0654 e. The second kappa shape index (κ2) is 8.50. The molecule has 16 heavy (non-hydrogen) atoms. The molecule has 0 bridgehead atoms. The van der Waals surface area contributed by atoms with Crippen LogP contribution in [0.5, 0.6) is 0 Å². The molecule has 2 heteroatoms. The maximum absolute atomic E-state index is 2.44. The lowest BCUT2D eigenvalue weighted by Crippen LogP contribution is -1.86. The van der Waals surface area contributed by atoms with E-state index >= 15 is 0 Å². The normalized spacial score (nSPS) is 10.2. The molecule has 0 aromatic heterocycles. The first kappa shape index (κ1) is 14.5. The van der Waals surface area contributed by atoms with E-state index in [-0.39, 0.29) is 0 Å². The number of hydrogen-bond acceptors (Lipinski definition) is 0. The minimum atomic E-state index is 1.21. The molecule has 0 heterocycles. The fraction of sp³-hybridized carbons (Fsp3) is 0.429. The molecule has 0 unspecified atom stereocenters. The van der Waals surface area contributed by atoms with Gasteiger partial charge in [0.25, 0.3) is 0 Å². The Bertz CT molecular complexity index is 324. The Hall–Kier alpha value is 0.420. The molecule has 0 N–H and O–H groups in total. The Morgan fingerprint density at radius 3 is 2.25 bits per heavy atom. The van der Waals surface area contributed by atoms with Crippen molar-refractivity contribution in [3.63, 3.8) is 0 Å². The lowest BCUT2D eigenvalue weighted by Gasteiger charge is -2.08. The van der Waals surface area contributed by atoms with Crippen molar-refractivity contribution in [3.8, 4) is 0 Å². The van der Waals surface area contributed by atoms with Crippen LogP contribution in [0.1, 0.15) is 44.6 Å². The lowest BCUT2D eigenvalue weighted by atomic mass is 10.0. The van der Waals surface area contributed by atoms with Gasteiger partial charge in [-0.05, 0) is 69.2 Å². The van der Waals surface area contributed by atoms with E-state index < -0.39 is 0 Å². The zero-order valence-electron chi connectivity index (χ0n) is 9.68. The fourth-order valence-electron chi connectivity index (χ4n) is 1.72. The minimum absolute atomic E-state index is 1.21. The molecule has 0 spiro atoms. The molecule has 1 aromatic carbocycles. The predicted molar refractivity (Wildman–Crippen MR) is 90.2 cm³/mol. The molecule has 1 aromatic rings. The van der Waals surface area contributed by atoms with Crippen LogP contribution in [-0.4, -0.2) is 0 Å². The van der Waals surface area contributed by atoms with Crippen molar-refractivity contribution >= 4 is 50.8 Å². The van der Waals surface area contributed by atoms with Crippen LogP contribution in [-0.2, 0) is 0 Å². The van der Waals surface area contributed by atoms with E-state index in [9.17, 15) is 0 Å². The van der Waals surface area contributed by atoms with E-state index in [1.54, 1.807) is 0 Å². The minimum Gasteiger partial charge on any atom is -0.0654 e. The van der Waals surface area contributed by atoms with Crippen molar-refractivity contribution in [1.29, 1.82) is 0 Å². The van der Waals surface area contributed by atoms with Crippen molar-refractivity contribution < 1.29 is 0 Å². The molecule has 0 radical (unpaired) electrons. The van der Waals surface area contributed by atoms with Gasteiger partial charge in [-0.3, -0.25) is 0 Å². The summed E-state index contributed by atoms with van der Waals surface area (Å²) in [5, 5.41) is 0. The third kappa shape index (κ3) is 5.17. The van der Waals surface area contributed by atoms with Crippen LogP contribution in [0.15, 0.2) is 31.9 Å². The molecule has 88 valence electrons. The summed E-state index contributed by atoms with van der Waals surface area (Å²) in [6, 6.07) is 10.8. The summed E-state index contributed by atoms with van der Waals surface area (Å²) in [4.78, 5) is 0. The number of allylic oxidation sites excluding steroid dienone is 1. The van der Waals surface area contributed by atoms with E-state index in [0.717, 1.165) is 0 Å². The summed E-state index contributed by atoms with van der Waals surface area (Å²) >= 11 is 4.87. The van der Waals surface area contributed by atoms with Gasteiger partial charge in [-0.1, -0.05) is 56.5 Å². The van der Waals surface area contributed by atoms with E-state index in [1.165, 1.54) is 44.8 Å². The first-order valence-corrected chi connectivity index (χ1v) is 8.01. The molecule has 0 nitrogen and oxygen atoms in total. The van der Waals surface area contributed by atoms with Crippen molar-refractivity contribution in [2.24, 2.45) is 0 Å². The van der Waals surface area contributed by atoms with Gasteiger partial charge < -0.3 is 0 Å². The summed E-state index contributed by atoms with van der Waals surface area (Å²) in [7, 11) is 0.